The van der Waals surface area contributed by atoms with Gasteiger partial charge in [-0.15, -0.1) is 0 Å². The highest BCUT2D eigenvalue weighted by Gasteiger charge is 2.17. The van der Waals surface area contributed by atoms with Crippen LogP contribution in [0.15, 0.2) is 53.1 Å². The second-order valence-electron chi connectivity index (χ2n) is 5.40. The molecule has 1 aliphatic rings. The number of hydrogen-bond acceptors (Lipinski definition) is 3. The van der Waals surface area contributed by atoms with Crippen molar-refractivity contribution in [3.05, 3.63) is 58.7 Å². The van der Waals surface area contributed by atoms with Gasteiger partial charge in [0.1, 0.15) is 5.82 Å². The van der Waals surface area contributed by atoms with E-state index in [0.29, 0.717) is 0 Å². The second-order valence-corrected chi connectivity index (χ2v) is 6.31. The van der Waals surface area contributed by atoms with Gasteiger partial charge in [0.2, 0.25) is 0 Å². The lowest BCUT2D eigenvalue weighted by Gasteiger charge is -2.35. The first-order valence-electron chi connectivity index (χ1n) is 7.44. The Morgan fingerprint density at radius 3 is 2.48 bits per heavy atom. The fraction of sp³-hybridized carbons (Fsp3) is 0.353. The van der Waals surface area contributed by atoms with Crippen LogP contribution in [0.1, 0.15) is 5.56 Å². The fourth-order valence-corrected chi connectivity index (χ4v) is 3.02. The molecule has 0 unspecified atom stereocenters. The van der Waals surface area contributed by atoms with Crippen LogP contribution in [0.5, 0.6) is 0 Å². The molecule has 0 N–H and O–H groups in total. The van der Waals surface area contributed by atoms with Crippen molar-refractivity contribution >= 4 is 21.7 Å². The summed E-state index contributed by atoms with van der Waals surface area (Å²) in [4.78, 5) is 9.37. The van der Waals surface area contributed by atoms with Gasteiger partial charge >= 0.3 is 0 Å². The molecule has 1 aromatic heterocycles. The first-order valence-corrected chi connectivity index (χ1v) is 8.23. The molecule has 21 heavy (non-hydrogen) atoms. The Balaban J connectivity index is 1.49. The van der Waals surface area contributed by atoms with Crippen molar-refractivity contribution in [3.63, 3.8) is 0 Å². The summed E-state index contributed by atoms with van der Waals surface area (Å²) in [5.74, 6) is 1.08. The van der Waals surface area contributed by atoms with E-state index in [1.807, 2.05) is 12.3 Å². The lowest BCUT2D eigenvalue weighted by atomic mass is 10.1. The zero-order chi connectivity index (χ0) is 14.5. The maximum absolute atomic E-state index is 4.46. The summed E-state index contributed by atoms with van der Waals surface area (Å²) in [6.07, 6.45) is 3.00. The molecular weight excluding hydrogens is 326 g/mol. The number of aromatic nitrogens is 1. The van der Waals surface area contributed by atoms with Gasteiger partial charge in [0.15, 0.2) is 0 Å². The minimum Gasteiger partial charge on any atom is -0.354 e. The van der Waals surface area contributed by atoms with Crippen LogP contribution < -0.4 is 4.90 Å². The molecule has 3 rings (SSSR count). The second kappa shape index (κ2) is 7.05. The Bertz CT molecular complexity index is 565. The van der Waals surface area contributed by atoms with Crippen LogP contribution in [0.4, 0.5) is 5.82 Å². The van der Waals surface area contributed by atoms with E-state index in [1.54, 1.807) is 0 Å². The quantitative estimate of drug-likeness (QED) is 0.848. The molecule has 0 amide bonds. The average Bonchev–Trinajstić information content (AvgIpc) is 2.54. The van der Waals surface area contributed by atoms with Crippen LogP contribution in [-0.4, -0.2) is 42.6 Å². The third-order valence-electron chi connectivity index (χ3n) is 3.96. The van der Waals surface area contributed by atoms with Gasteiger partial charge in [0, 0.05) is 43.4 Å². The molecule has 1 fully saturated rings. The number of nitrogens with zero attached hydrogens (tertiary/aromatic N) is 3. The van der Waals surface area contributed by atoms with Crippen molar-refractivity contribution in [1.29, 1.82) is 0 Å². The van der Waals surface area contributed by atoms with Crippen LogP contribution in [0.25, 0.3) is 0 Å². The Hall–Kier alpha value is -1.39. The first-order chi connectivity index (χ1) is 10.3. The van der Waals surface area contributed by atoms with E-state index < -0.39 is 0 Å². The number of halogens is 1. The summed E-state index contributed by atoms with van der Waals surface area (Å²) < 4.78 is 1.10. The van der Waals surface area contributed by atoms with Gasteiger partial charge in [-0.1, -0.05) is 46.3 Å². The number of rotatable bonds is 4. The number of anilines is 1. The third-order valence-corrected chi connectivity index (χ3v) is 4.46. The van der Waals surface area contributed by atoms with Crippen LogP contribution in [0.3, 0.4) is 0 Å². The average molecular weight is 346 g/mol. The van der Waals surface area contributed by atoms with E-state index in [1.165, 1.54) is 5.56 Å². The van der Waals surface area contributed by atoms with Crippen molar-refractivity contribution in [2.24, 2.45) is 0 Å². The summed E-state index contributed by atoms with van der Waals surface area (Å²) in [5, 5.41) is 0. The Morgan fingerprint density at radius 2 is 1.76 bits per heavy atom. The summed E-state index contributed by atoms with van der Waals surface area (Å²) >= 11 is 3.51. The molecule has 0 bridgehead atoms. The number of piperazine rings is 1. The molecule has 1 saturated heterocycles. The molecule has 3 nitrogen and oxygen atoms in total. The minimum atomic E-state index is 1.05. The predicted octanol–water partition coefficient (Wildman–Crippen LogP) is 3.21. The SMILES string of the molecule is Brc1ccnc(N2CCN(CCc3ccccc3)CC2)c1. The minimum absolute atomic E-state index is 1.05. The maximum atomic E-state index is 4.46. The van der Waals surface area contributed by atoms with E-state index in [-0.39, 0.29) is 0 Å². The van der Waals surface area contributed by atoms with Crippen molar-refractivity contribution in [2.75, 3.05) is 37.6 Å². The number of hydrogen-bond donors (Lipinski definition) is 0. The van der Waals surface area contributed by atoms with Gasteiger partial charge in [-0.25, -0.2) is 4.98 Å². The largest absolute Gasteiger partial charge is 0.354 e. The van der Waals surface area contributed by atoms with E-state index in [0.717, 1.165) is 49.4 Å². The fourth-order valence-electron chi connectivity index (χ4n) is 2.70. The maximum Gasteiger partial charge on any atom is 0.129 e. The highest BCUT2D eigenvalue weighted by atomic mass is 79.9. The summed E-state index contributed by atoms with van der Waals surface area (Å²) in [6.45, 7) is 5.47. The molecule has 0 saturated carbocycles. The molecule has 2 heterocycles. The van der Waals surface area contributed by atoms with Gasteiger partial charge < -0.3 is 4.90 Å². The van der Waals surface area contributed by atoms with Gasteiger partial charge in [-0.2, -0.15) is 0 Å². The molecule has 0 aliphatic carbocycles. The third kappa shape index (κ3) is 4.05. The van der Waals surface area contributed by atoms with Crippen LogP contribution >= 0.6 is 15.9 Å². The first kappa shape index (κ1) is 14.5. The summed E-state index contributed by atoms with van der Waals surface area (Å²) in [7, 11) is 0. The summed E-state index contributed by atoms with van der Waals surface area (Å²) in [6, 6.07) is 14.8. The monoisotopic (exact) mass is 345 g/mol. The Labute approximate surface area is 134 Å². The zero-order valence-corrected chi connectivity index (χ0v) is 13.7. The van der Waals surface area contributed by atoms with Crippen molar-refractivity contribution in [3.8, 4) is 0 Å². The number of pyridine rings is 1. The van der Waals surface area contributed by atoms with Gasteiger partial charge in [-0.05, 0) is 24.1 Å². The molecule has 4 heteroatoms. The summed E-state index contributed by atoms with van der Waals surface area (Å²) in [5.41, 5.74) is 1.42. The Morgan fingerprint density at radius 1 is 1.00 bits per heavy atom. The molecule has 1 aromatic carbocycles. The van der Waals surface area contributed by atoms with Crippen LogP contribution in [0, 0.1) is 0 Å². The molecular formula is C17H20BrN3. The van der Waals surface area contributed by atoms with Gasteiger partial charge in [-0.3, -0.25) is 4.90 Å². The molecule has 2 aromatic rings. The highest BCUT2D eigenvalue weighted by Crippen LogP contribution is 2.18. The highest BCUT2D eigenvalue weighted by molar-refractivity contribution is 9.10. The predicted molar refractivity (Wildman–Crippen MR) is 90.7 cm³/mol. The van der Waals surface area contributed by atoms with Crippen molar-refractivity contribution in [1.82, 2.24) is 9.88 Å². The molecule has 0 spiro atoms. The van der Waals surface area contributed by atoms with E-state index >= 15 is 0 Å². The van der Waals surface area contributed by atoms with Gasteiger partial charge in [0.25, 0.3) is 0 Å². The topological polar surface area (TPSA) is 19.4 Å². The molecule has 0 radical (unpaired) electrons. The van der Waals surface area contributed by atoms with Crippen LogP contribution in [0.2, 0.25) is 0 Å². The molecule has 0 atom stereocenters. The van der Waals surface area contributed by atoms with E-state index in [4.69, 9.17) is 0 Å². The molecule has 110 valence electrons. The lowest BCUT2D eigenvalue weighted by molar-refractivity contribution is 0.260. The number of benzene rings is 1. The van der Waals surface area contributed by atoms with Crippen molar-refractivity contribution < 1.29 is 0 Å². The molecule has 1 aliphatic heterocycles. The van der Waals surface area contributed by atoms with Gasteiger partial charge in [0.05, 0.1) is 0 Å². The smallest absolute Gasteiger partial charge is 0.129 e. The van der Waals surface area contributed by atoms with E-state index in [9.17, 15) is 0 Å². The van der Waals surface area contributed by atoms with E-state index in [2.05, 4.69) is 67.1 Å². The lowest BCUT2D eigenvalue weighted by Crippen LogP contribution is -2.47. The van der Waals surface area contributed by atoms with Crippen molar-refractivity contribution in [2.45, 2.75) is 6.42 Å². The zero-order valence-electron chi connectivity index (χ0n) is 12.1. The van der Waals surface area contributed by atoms with Crippen LogP contribution in [-0.2, 0) is 6.42 Å². The normalized spacial score (nSPS) is 16.1. The standard InChI is InChI=1S/C17H20BrN3/c18-16-6-8-19-17(14-16)21-12-10-20(11-13-21)9-7-15-4-2-1-3-5-15/h1-6,8,14H,7,9-13H2. The Kier molecular flexibility index (Phi) is 4.88.